The number of hydrogen-bond acceptors (Lipinski definition) is 1. The van der Waals surface area contributed by atoms with E-state index in [9.17, 15) is 0 Å². The summed E-state index contributed by atoms with van der Waals surface area (Å²) in [6, 6.07) is 2.33. The lowest BCUT2D eigenvalue weighted by molar-refractivity contribution is 0.624. The van der Waals surface area contributed by atoms with E-state index >= 15 is 0 Å². The number of aryl methyl sites for hydroxylation is 2. The Kier molecular flexibility index (Phi) is 4.39. The summed E-state index contributed by atoms with van der Waals surface area (Å²) >= 11 is 2.09. The number of hydrogen-bond donors (Lipinski definition) is 0. The smallest absolute Gasteiger partial charge is 0.0313 e. The van der Waals surface area contributed by atoms with E-state index in [2.05, 4.69) is 42.4 Å². The zero-order valence-corrected chi connectivity index (χ0v) is 11.4. The minimum absolute atomic E-state index is 0.823. The van der Waals surface area contributed by atoms with Crippen LogP contribution in [0.15, 0.2) is 12.3 Å². The highest BCUT2D eigenvalue weighted by Crippen LogP contribution is 2.22. The van der Waals surface area contributed by atoms with Crippen molar-refractivity contribution in [1.29, 1.82) is 0 Å². The molecular weight excluding hydrogens is 214 g/mol. The van der Waals surface area contributed by atoms with Crippen LogP contribution in [0, 0.1) is 5.92 Å². The average molecular weight is 237 g/mol. The maximum absolute atomic E-state index is 2.49. The van der Waals surface area contributed by atoms with Crippen LogP contribution < -0.4 is 0 Å². The van der Waals surface area contributed by atoms with Crippen LogP contribution in [0.25, 0.3) is 0 Å². The maximum atomic E-state index is 2.49. The molecule has 2 rings (SSSR count). The third-order valence-electron chi connectivity index (χ3n) is 3.21. The summed E-state index contributed by atoms with van der Waals surface area (Å²) in [4.78, 5) is 0. The van der Waals surface area contributed by atoms with Gasteiger partial charge < -0.3 is 4.57 Å². The molecule has 16 heavy (non-hydrogen) atoms. The number of nitrogens with zero attached hydrogens (tertiary/aromatic N) is 1. The quantitative estimate of drug-likeness (QED) is 0.706. The van der Waals surface area contributed by atoms with E-state index < -0.39 is 0 Å². The summed E-state index contributed by atoms with van der Waals surface area (Å²) in [5, 5.41) is 0. The zero-order valence-electron chi connectivity index (χ0n) is 10.5. The predicted octanol–water partition coefficient (Wildman–Crippen LogP) is 3.76. The fourth-order valence-corrected chi connectivity index (χ4v) is 3.35. The number of aromatic nitrogens is 1. The van der Waals surface area contributed by atoms with E-state index in [0.717, 1.165) is 5.92 Å². The van der Waals surface area contributed by atoms with Crippen molar-refractivity contribution in [2.45, 2.75) is 46.1 Å². The Morgan fingerprint density at radius 3 is 2.94 bits per heavy atom. The molecule has 0 radical (unpaired) electrons. The van der Waals surface area contributed by atoms with Gasteiger partial charge in [0.25, 0.3) is 0 Å². The van der Waals surface area contributed by atoms with Gasteiger partial charge in [0.1, 0.15) is 0 Å². The molecule has 0 aromatic carbocycles. The summed E-state index contributed by atoms with van der Waals surface area (Å²) in [6.45, 7) is 5.79. The second-order valence-electron chi connectivity index (χ2n) is 5.16. The Morgan fingerprint density at radius 2 is 2.12 bits per heavy atom. The second-order valence-corrected chi connectivity index (χ2v) is 6.31. The fraction of sp³-hybridized carbons (Fsp3) is 0.714. The largest absolute Gasteiger partial charge is 0.350 e. The number of thioether (sulfide) groups is 1. The standard InChI is InChI=1S/C14H23NS/c1-12(2)11-16-10-9-15-8-7-13-5-3-4-6-14(13)15/h7-8,12H,3-6,9-11H2,1-2H3. The van der Waals surface area contributed by atoms with E-state index in [-0.39, 0.29) is 0 Å². The molecule has 0 fully saturated rings. The summed E-state index contributed by atoms with van der Waals surface area (Å²) in [7, 11) is 0. The lowest BCUT2D eigenvalue weighted by Crippen LogP contribution is -2.09. The molecule has 1 aromatic heterocycles. The van der Waals surface area contributed by atoms with Crippen LogP contribution in [0.5, 0.6) is 0 Å². The van der Waals surface area contributed by atoms with Crippen molar-refractivity contribution in [3.8, 4) is 0 Å². The van der Waals surface area contributed by atoms with Crippen LogP contribution in [-0.4, -0.2) is 16.1 Å². The normalized spacial score (nSPS) is 15.4. The molecule has 0 atom stereocenters. The van der Waals surface area contributed by atoms with Crippen LogP contribution in [0.4, 0.5) is 0 Å². The van der Waals surface area contributed by atoms with Gasteiger partial charge in [0.15, 0.2) is 0 Å². The van der Waals surface area contributed by atoms with Gasteiger partial charge >= 0.3 is 0 Å². The fourth-order valence-electron chi connectivity index (χ4n) is 2.38. The summed E-state index contributed by atoms with van der Waals surface area (Å²) in [6.07, 6.45) is 7.68. The van der Waals surface area contributed by atoms with Crippen molar-refractivity contribution in [3.63, 3.8) is 0 Å². The maximum Gasteiger partial charge on any atom is 0.0313 e. The first-order valence-corrected chi connectivity index (χ1v) is 7.67. The van der Waals surface area contributed by atoms with Gasteiger partial charge in [-0.1, -0.05) is 13.8 Å². The summed E-state index contributed by atoms with van der Waals surface area (Å²) in [5.41, 5.74) is 3.23. The summed E-state index contributed by atoms with van der Waals surface area (Å²) < 4.78 is 2.49. The Bertz CT molecular complexity index is 327. The van der Waals surface area contributed by atoms with Crippen molar-refractivity contribution in [1.82, 2.24) is 4.57 Å². The van der Waals surface area contributed by atoms with Crippen LogP contribution >= 0.6 is 11.8 Å². The molecular formula is C14H23NS. The van der Waals surface area contributed by atoms with E-state index in [1.807, 2.05) is 0 Å². The van der Waals surface area contributed by atoms with E-state index in [1.165, 1.54) is 43.7 Å². The van der Waals surface area contributed by atoms with Crippen LogP contribution in [0.2, 0.25) is 0 Å². The predicted molar refractivity (Wildman–Crippen MR) is 73.2 cm³/mol. The van der Waals surface area contributed by atoms with E-state index in [4.69, 9.17) is 0 Å². The average Bonchev–Trinajstić information content (AvgIpc) is 2.68. The first-order valence-electron chi connectivity index (χ1n) is 6.52. The van der Waals surface area contributed by atoms with Gasteiger partial charge in [-0.2, -0.15) is 11.8 Å². The second kappa shape index (κ2) is 5.81. The number of fused-ring (bicyclic) bond motifs is 1. The van der Waals surface area contributed by atoms with Gasteiger partial charge in [-0.05, 0) is 49.0 Å². The zero-order chi connectivity index (χ0) is 11.4. The Balaban J connectivity index is 1.83. The van der Waals surface area contributed by atoms with Gasteiger partial charge in [-0.15, -0.1) is 0 Å². The molecule has 90 valence electrons. The minimum atomic E-state index is 0.823. The first kappa shape index (κ1) is 12.1. The molecule has 0 unspecified atom stereocenters. The van der Waals surface area contributed by atoms with Crippen molar-refractivity contribution in [3.05, 3.63) is 23.5 Å². The monoisotopic (exact) mass is 237 g/mol. The third-order valence-corrected chi connectivity index (χ3v) is 4.58. The van der Waals surface area contributed by atoms with Gasteiger partial charge in [-0.3, -0.25) is 0 Å². The van der Waals surface area contributed by atoms with Gasteiger partial charge in [0, 0.05) is 24.2 Å². The van der Waals surface area contributed by atoms with Gasteiger partial charge in [0.2, 0.25) is 0 Å². The molecule has 0 saturated carbocycles. The van der Waals surface area contributed by atoms with Crippen molar-refractivity contribution in [2.75, 3.05) is 11.5 Å². The molecule has 2 heteroatoms. The Labute approximate surface area is 104 Å². The van der Waals surface area contributed by atoms with Crippen molar-refractivity contribution in [2.24, 2.45) is 5.92 Å². The lowest BCUT2D eigenvalue weighted by Gasteiger charge is -2.15. The van der Waals surface area contributed by atoms with Crippen LogP contribution in [-0.2, 0) is 19.4 Å². The van der Waals surface area contributed by atoms with Crippen molar-refractivity contribution >= 4 is 11.8 Å². The molecule has 0 amide bonds. The molecule has 0 bridgehead atoms. The Morgan fingerprint density at radius 1 is 1.31 bits per heavy atom. The molecule has 1 nitrogen and oxygen atoms in total. The molecule has 0 aliphatic heterocycles. The molecule has 0 spiro atoms. The topological polar surface area (TPSA) is 4.93 Å². The minimum Gasteiger partial charge on any atom is -0.350 e. The third kappa shape index (κ3) is 3.07. The van der Waals surface area contributed by atoms with E-state index in [1.54, 1.807) is 11.3 Å². The molecule has 1 aromatic rings. The highest BCUT2D eigenvalue weighted by molar-refractivity contribution is 7.99. The molecule has 1 aliphatic carbocycles. The highest BCUT2D eigenvalue weighted by atomic mass is 32.2. The SMILES string of the molecule is CC(C)CSCCn1ccc2c1CCCC2. The molecule has 1 heterocycles. The van der Waals surface area contributed by atoms with Gasteiger partial charge in [0.05, 0.1) is 0 Å². The first-order chi connectivity index (χ1) is 7.77. The molecule has 0 saturated heterocycles. The van der Waals surface area contributed by atoms with Crippen LogP contribution in [0.3, 0.4) is 0 Å². The van der Waals surface area contributed by atoms with Crippen molar-refractivity contribution < 1.29 is 0 Å². The van der Waals surface area contributed by atoms with Crippen LogP contribution in [0.1, 0.15) is 37.9 Å². The summed E-state index contributed by atoms with van der Waals surface area (Å²) in [5.74, 6) is 3.38. The van der Waals surface area contributed by atoms with Gasteiger partial charge in [-0.25, -0.2) is 0 Å². The Hall–Kier alpha value is -0.370. The number of rotatable bonds is 5. The molecule has 0 N–H and O–H groups in total. The lowest BCUT2D eigenvalue weighted by atomic mass is 9.98. The molecule has 1 aliphatic rings. The van der Waals surface area contributed by atoms with E-state index in [0.29, 0.717) is 0 Å². The highest BCUT2D eigenvalue weighted by Gasteiger charge is 2.12.